The van der Waals surface area contributed by atoms with E-state index in [9.17, 15) is 10.1 Å². The van der Waals surface area contributed by atoms with E-state index in [1.54, 1.807) is 29.5 Å². The monoisotopic (exact) mass is 429 g/mol. The summed E-state index contributed by atoms with van der Waals surface area (Å²) in [5.41, 5.74) is 2.05. The van der Waals surface area contributed by atoms with Crippen LogP contribution in [0.1, 0.15) is 5.56 Å². The standard InChI is InChI=1S/C15H12N5O2.CH3.Sn/c21-20(22)15-8-6-14(7-9-15)19(18-11-16-17-12-18)10-13-4-2-1-3-5-13;;/h2-9,11-12H,10H2;1H3;. The van der Waals surface area contributed by atoms with Crippen molar-refractivity contribution in [2.45, 2.75) is 11.5 Å². The molecule has 1 heterocycles. The van der Waals surface area contributed by atoms with Crippen LogP contribution < -0.4 is 8.59 Å². The van der Waals surface area contributed by atoms with Gasteiger partial charge in [-0.3, -0.25) is 0 Å². The molecule has 0 saturated carbocycles. The molecule has 0 N–H and O–H groups in total. The topological polar surface area (TPSA) is 77.1 Å². The fourth-order valence-corrected chi connectivity index (χ4v) is 3.75. The van der Waals surface area contributed by atoms with Crippen molar-refractivity contribution in [3.8, 4) is 0 Å². The van der Waals surface area contributed by atoms with Gasteiger partial charge in [0.25, 0.3) is 0 Å². The predicted octanol–water partition coefficient (Wildman–Crippen LogP) is 2.03. The van der Waals surface area contributed by atoms with Gasteiger partial charge < -0.3 is 0 Å². The molecule has 0 aliphatic carbocycles. The molecule has 0 aliphatic rings. The van der Waals surface area contributed by atoms with Crippen molar-refractivity contribution in [1.29, 1.82) is 0 Å². The second-order valence-electron chi connectivity index (χ2n) is 5.12. The van der Waals surface area contributed by atoms with Gasteiger partial charge in [-0.2, -0.15) is 0 Å². The van der Waals surface area contributed by atoms with Crippen molar-refractivity contribution >= 4 is 36.1 Å². The summed E-state index contributed by atoms with van der Waals surface area (Å²) in [5.74, 6) is 0. The molecule has 0 fully saturated rings. The Kier molecular flexibility index (Phi) is 5.09. The zero-order valence-electron chi connectivity index (χ0n) is 13.0. The number of non-ortho nitro benzene ring substituents is 1. The molecule has 3 rings (SSSR count). The van der Waals surface area contributed by atoms with Crippen molar-refractivity contribution < 1.29 is 4.92 Å². The molecule has 0 unspecified atom stereocenters. The average Bonchev–Trinajstić information content (AvgIpc) is 3.14. The summed E-state index contributed by atoms with van der Waals surface area (Å²) in [7, 11) is 0. The molecule has 7 nitrogen and oxygen atoms in total. The second-order valence-corrected chi connectivity index (χ2v) is 8.19. The third kappa shape index (κ3) is 3.73. The molecule has 1 aromatic heterocycles. The summed E-state index contributed by atoms with van der Waals surface area (Å²) in [5, 5.41) is 20.5. The first-order chi connectivity index (χ1) is 11.7. The van der Waals surface area contributed by atoms with Gasteiger partial charge in [-0.25, -0.2) is 0 Å². The number of nitro benzene ring substituents is 1. The Morgan fingerprint density at radius 2 is 1.71 bits per heavy atom. The Bertz CT molecular complexity index is 803. The normalized spacial score (nSPS) is 10.5. The third-order valence-corrected chi connectivity index (χ3v) is 6.22. The van der Waals surface area contributed by atoms with Gasteiger partial charge in [-0.1, -0.05) is 0 Å². The molecular formula is C16H15N5O2Sn. The van der Waals surface area contributed by atoms with Crippen molar-refractivity contribution in [1.82, 2.24) is 14.9 Å². The molecule has 0 saturated heterocycles. The van der Waals surface area contributed by atoms with Crippen LogP contribution in [0.15, 0.2) is 61.2 Å². The maximum absolute atomic E-state index is 10.8. The van der Waals surface area contributed by atoms with Crippen LogP contribution in [0.2, 0.25) is 4.94 Å². The summed E-state index contributed by atoms with van der Waals surface area (Å²) in [6.45, 7) is 0.616. The Morgan fingerprint density at radius 1 is 1.08 bits per heavy atom. The van der Waals surface area contributed by atoms with Crippen LogP contribution in [0, 0.1) is 10.1 Å². The number of anilines is 1. The van der Waals surface area contributed by atoms with E-state index in [1.807, 2.05) is 5.01 Å². The quantitative estimate of drug-likeness (QED) is 0.341. The van der Waals surface area contributed by atoms with Crippen LogP contribution >= 0.6 is 0 Å². The molecule has 0 bridgehead atoms. The summed E-state index contributed by atoms with van der Waals surface area (Å²) >= 11 is -0.419. The number of nitro groups is 1. The van der Waals surface area contributed by atoms with Gasteiger partial charge in [0, 0.05) is 0 Å². The summed E-state index contributed by atoms with van der Waals surface area (Å²) in [6, 6.07) is 15.1. The summed E-state index contributed by atoms with van der Waals surface area (Å²) in [6.07, 6.45) is 3.21. The minimum atomic E-state index is -0.419. The molecule has 0 atom stereocenters. The fourth-order valence-electron chi connectivity index (χ4n) is 2.32. The molecule has 2 radical (unpaired) electrons. The van der Waals surface area contributed by atoms with E-state index in [4.69, 9.17) is 0 Å². The minimum absolute atomic E-state index is 0.0702. The molecular weight excluding hydrogens is 413 g/mol. The van der Waals surface area contributed by atoms with Crippen LogP contribution in [0.3, 0.4) is 0 Å². The van der Waals surface area contributed by atoms with E-state index in [0.717, 1.165) is 11.3 Å². The van der Waals surface area contributed by atoms with Crippen molar-refractivity contribution in [2.24, 2.45) is 0 Å². The van der Waals surface area contributed by atoms with Gasteiger partial charge in [-0.15, -0.1) is 0 Å². The Hall–Kier alpha value is -2.42. The molecule has 0 spiro atoms. The number of rotatable bonds is 6. The second kappa shape index (κ2) is 7.43. The van der Waals surface area contributed by atoms with Crippen molar-refractivity contribution in [2.75, 3.05) is 5.01 Å². The van der Waals surface area contributed by atoms with Gasteiger partial charge in [0.2, 0.25) is 0 Å². The molecule has 3 aromatic rings. The van der Waals surface area contributed by atoms with Crippen LogP contribution in [-0.2, 0) is 6.54 Å². The first-order valence-corrected chi connectivity index (χ1v) is 11.6. The first-order valence-electron chi connectivity index (χ1n) is 7.31. The average molecular weight is 428 g/mol. The summed E-state index contributed by atoms with van der Waals surface area (Å²) < 4.78 is 3.22. The van der Waals surface area contributed by atoms with E-state index >= 15 is 0 Å². The van der Waals surface area contributed by atoms with Crippen LogP contribution in [0.25, 0.3) is 0 Å². The zero-order chi connectivity index (χ0) is 16.9. The van der Waals surface area contributed by atoms with E-state index in [2.05, 4.69) is 39.4 Å². The molecule has 0 amide bonds. The van der Waals surface area contributed by atoms with Gasteiger partial charge in [0.05, 0.1) is 0 Å². The van der Waals surface area contributed by atoms with Gasteiger partial charge in [0.1, 0.15) is 0 Å². The SMILES string of the molecule is [CH3][Sn][c]1ccc(CN(c2ccc([N+](=O)[O-])cc2)n2cnnc2)cc1. The van der Waals surface area contributed by atoms with Crippen molar-refractivity contribution in [3.05, 3.63) is 76.9 Å². The number of nitrogens with zero attached hydrogens (tertiary/aromatic N) is 5. The molecule has 2 aromatic carbocycles. The first kappa shape index (κ1) is 16.4. The Labute approximate surface area is 149 Å². The zero-order valence-corrected chi connectivity index (χ0v) is 15.9. The summed E-state index contributed by atoms with van der Waals surface area (Å²) in [4.78, 5) is 12.7. The van der Waals surface area contributed by atoms with E-state index < -0.39 is 26.1 Å². The number of hydrogen-bond donors (Lipinski definition) is 0. The van der Waals surface area contributed by atoms with Gasteiger partial charge in [0.15, 0.2) is 0 Å². The fraction of sp³-hybridized carbons (Fsp3) is 0.125. The van der Waals surface area contributed by atoms with Gasteiger partial charge in [-0.05, 0) is 0 Å². The van der Waals surface area contributed by atoms with Crippen LogP contribution in [0.4, 0.5) is 11.4 Å². The molecule has 0 aliphatic heterocycles. The third-order valence-electron chi connectivity index (χ3n) is 3.62. The van der Waals surface area contributed by atoms with Gasteiger partial charge >= 0.3 is 149 Å². The van der Waals surface area contributed by atoms with Crippen molar-refractivity contribution in [3.63, 3.8) is 0 Å². The number of hydrogen-bond acceptors (Lipinski definition) is 5. The molecule has 8 heteroatoms. The molecule has 24 heavy (non-hydrogen) atoms. The Balaban J connectivity index is 1.90. The Morgan fingerprint density at radius 3 is 2.25 bits per heavy atom. The van der Waals surface area contributed by atoms with Crippen LogP contribution in [-0.4, -0.2) is 40.9 Å². The van der Waals surface area contributed by atoms with Crippen LogP contribution in [0.5, 0.6) is 0 Å². The maximum atomic E-state index is 10.8. The molecule has 120 valence electrons. The van der Waals surface area contributed by atoms with E-state index in [-0.39, 0.29) is 5.69 Å². The van der Waals surface area contributed by atoms with E-state index in [0.29, 0.717) is 6.54 Å². The van der Waals surface area contributed by atoms with E-state index in [1.165, 1.54) is 15.7 Å². The number of benzene rings is 2. The number of aromatic nitrogens is 3. The predicted molar refractivity (Wildman–Crippen MR) is 92.4 cm³/mol.